The van der Waals surface area contributed by atoms with Gasteiger partial charge in [-0.05, 0) is 31.4 Å². The molecule has 2 unspecified atom stereocenters. The Morgan fingerprint density at radius 2 is 2.28 bits per heavy atom. The molecule has 0 spiro atoms. The number of hydrogen-bond donors (Lipinski definition) is 1. The summed E-state index contributed by atoms with van der Waals surface area (Å²) in [5, 5.41) is 1.12. The smallest absolute Gasteiger partial charge is 0.130 e. The Balaban J connectivity index is 2.07. The highest BCUT2D eigenvalue weighted by atomic mass is 35.5. The van der Waals surface area contributed by atoms with Crippen LogP contribution in [0.15, 0.2) is 12.3 Å². The predicted octanol–water partition coefficient (Wildman–Crippen LogP) is 2.95. The largest absolute Gasteiger partial charge is 0.329 e. The van der Waals surface area contributed by atoms with Crippen LogP contribution in [0, 0.1) is 5.92 Å². The van der Waals surface area contributed by atoms with Gasteiger partial charge in [0.25, 0.3) is 0 Å². The highest BCUT2D eigenvalue weighted by Gasteiger charge is 2.25. The molecule has 1 aromatic rings. The first-order chi connectivity index (χ1) is 8.60. The molecule has 2 atom stereocenters. The number of nitrogens with two attached hydrogens (primary N) is 1. The third-order valence-corrected chi connectivity index (χ3v) is 4.20. The molecule has 0 aliphatic carbocycles. The van der Waals surface area contributed by atoms with Gasteiger partial charge in [0.1, 0.15) is 5.15 Å². The van der Waals surface area contributed by atoms with E-state index in [1.807, 2.05) is 0 Å². The Kier molecular flexibility index (Phi) is 4.84. The van der Waals surface area contributed by atoms with Crippen LogP contribution in [0.25, 0.3) is 0 Å². The Morgan fingerprint density at radius 3 is 2.94 bits per heavy atom. The minimum atomic E-state index is 0.436. The molecule has 1 saturated heterocycles. The van der Waals surface area contributed by atoms with E-state index < -0.39 is 0 Å². The zero-order valence-corrected chi connectivity index (χ0v) is 12.1. The number of pyridine rings is 1. The second kappa shape index (κ2) is 6.20. The lowest BCUT2D eigenvalue weighted by Crippen LogP contribution is -2.45. The van der Waals surface area contributed by atoms with Crippen LogP contribution in [-0.4, -0.2) is 29.0 Å². The normalized spacial score (nSPS) is 25.3. The van der Waals surface area contributed by atoms with E-state index in [1.165, 1.54) is 6.42 Å². The van der Waals surface area contributed by atoms with Crippen molar-refractivity contribution in [2.24, 2.45) is 11.7 Å². The van der Waals surface area contributed by atoms with Gasteiger partial charge in [0.15, 0.2) is 0 Å². The van der Waals surface area contributed by atoms with E-state index in [4.69, 9.17) is 28.9 Å². The maximum atomic E-state index is 6.19. The zero-order valence-electron chi connectivity index (χ0n) is 10.6. The number of rotatable bonds is 3. The van der Waals surface area contributed by atoms with Crippen LogP contribution in [0.4, 0.5) is 0 Å². The molecule has 2 heterocycles. The second-order valence-corrected chi connectivity index (χ2v) is 5.88. The maximum Gasteiger partial charge on any atom is 0.130 e. The number of aromatic nitrogens is 1. The summed E-state index contributed by atoms with van der Waals surface area (Å²) in [5.74, 6) is 0.758. The molecule has 0 amide bonds. The monoisotopic (exact) mass is 287 g/mol. The molecular formula is C13H19Cl2N3. The van der Waals surface area contributed by atoms with Crippen molar-refractivity contribution in [3.05, 3.63) is 28.0 Å². The van der Waals surface area contributed by atoms with E-state index in [9.17, 15) is 0 Å². The summed E-state index contributed by atoms with van der Waals surface area (Å²) in [7, 11) is 0. The number of nitrogens with zero attached hydrogens (tertiary/aromatic N) is 2. The van der Waals surface area contributed by atoms with Gasteiger partial charge in [0.2, 0.25) is 0 Å². The van der Waals surface area contributed by atoms with Gasteiger partial charge in [0, 0.05) is 35.9 Å². The molecule has 18 heavy (non-hydrogen) atoms. The SMILES string of the molecule is CC1CCN(Cc2cnc(Cl)cc2Cl)C(CN)C1. The average molecular weight is 288 g/mol. The number of likely N-dealkylation sites (tertiary alicyclic amines) is 1. The predicted molar refractivity (Wildman–Crippen MR) is 75.9 cm³/mol. The van der Waals surface area contributed by atoms with Crippen molar-refractivity contribution in [2.45, 2.75) is 32.4 Å². The quantitative estimate of drug-likeness (QED) is 0.869. The molecule has 3 nitrogen and oxygen atoms in total. The van der Waals surface area contributed by atoms with Crippen molar-refractivity contribution in [2.75, 3.05) is 13.1 Å². The molecule has 1 fully saturated rings. The first-order valence-electron chi connectivity index (χ1n) is 6.34. The fourth-order valence-corrected chi connectivity index (χ4v) is 2.95. The lowest BCUT2D eigenvalue weighted by atomic mass is 9.92. The Labute approximate surface area is 118 Å². The lowest BCUT2D eigenvalue weighted by molar-refractivity contribution is 0.115. The molecule has 0 saturated carbocycles. The van der Waals surface area contributed by atoms with Gasteiger partial charge in [-0.15, -0.1) is 0 Å². The fourth-order valence-electron chi connectivity index (χ4n) is 2.52. The summed E-state index contributed by atoms with van der Waals surface area (Å²) in [6, 6.07) is 2.14. The third-order valence-electron chi connectivity index (χ3n) is 3.64. The van der Waals surface area contributed by atoms with E-state index in [1.54, 1.807) is 12.3 Å². The molecule has 2 N–H and O–H groups in total. The van der Waals surface area contributed by atoms with Crippen LogP contribution in [0.2, 0.25) is 10.2 Å². The van der Waals surface area contributed by atoms with Crippen LogP contribution in [0.5, 0.6) is 0 Å². The molecule has 0 aromatic carbocycles. The van der Waals surface area contributed by atoms with Gasteiger partial charge in [0.05, 0.1) is 0 Å². The molecule has 1 aliphatic rings. The minimum absolute atomic E-state index is 0.436. The van der Waals surface area contributed by atoms with E-state index in [2.05, 4.69) is 16.8 Å². The number of piperidine rings is 1. The highest BCUT2D eigenvalue weighted by Crippen LogP contribution is 2.26. The summed E-state index contributed by atoms with van der Waals surface area (Å²) >= 11 is 12.0. The van der Waals surface area contributed by atoms with Crippen LogP contribution in [0.3, 0.4) is 0 Å². The molecule has 2 rings (SSSR count). The van der Waals surface area contributed by atoms with Gasteiger partial charge in [-0.25, -0.2) is 4.98 Å². The standard InChI is InChI=1S/C13H19Cl2N3/c1-9-2-3-18(11(4-9)6-16)8-10-7-17-13(15)5-12(10)14/h5,7,9,11H,2-4,6,8,16H2,1H3. The van der Waals surface area contributed by atoms with Gasteiger partial charge < -0.3 is 5.73 Å². The van der Waals surface area contributed by atoms with Gasteiger partial charge in [-0.2, -0.15) is 0 Å². The van der Waals surface area contributed by atoms with Crippen LogP contribution in [-0.2, 0) is 6.54 Å². The van der Waals surface area contributed by atoms with E-state index in [0.29, 0.717) is 22.8 Å². The Bertz CT molecular complexity index is 411. The van der Waals surface area contributed by atoms with Crippen molar-refractivity contribution >= 4 is 23.2 Å². The molecule has 5 heteroatoms. The lowest BCUT2D eigenvalue weighted by Gasteiger charge is -2.38. The molecule has 0 radical (unpaired) electrons. The second-order valence-electron chi connectivity index (χ2n) is 5.09. The first kappa shape index (κ1) is 14.1. The van der Waals surface area contributed by atoms with Crippen LogP contribution < -0.4 is 5.73 Å². The number of halogens is 2. The van der Waals surface area contributed by atoms with Crippen molar-refractivity contribution in [1.82, 2.24) is 9.88 Å². The van der Waals surface area contributed by atoms with Crippen LogP contribution >= 0.6 is 23.2 Å². The molecule has 100 valence electrons. The summed E-state index contributed by atoms with van der Waals surface area (Å²) in [5.41, 5.74) is 6.88. The van der Waals surface area contributed by atoms with Gasteiger partial charge >= 0.3 is 0 Å². The molecule has 0 bridgehead atoms. The summed E-state index contributed by atoms with van der Waals surface area (Å²) in [4.78, 5) is 6.49. The molecule has 1 aliphatic heterocycles. The maximum absolute atomic E-state index is 6.19. The molecule has 1 aromatic heterocycles. The topological polar surface area (TPSA) is 42.2 Å². The minimum Gasteiger partial charge on any atom is -0.329 e. The Hall–Kier alpha value is -0.350. The number of hydrogen-bond acceptors (Lipinski definition) is 3. The van der Waals surface area contributed by atoms with Gasteiger partial charge in [-0.1, -0.05) is 30.1 Å². The van der Waals surface area contributed by atoms with Gasteiger partial charge in [-0.3, -0.25) is 4.90 Å². The zero-order chi connectivity index (χ0) is 13.1. The summed E-state index contributed by atoms with van der Waals surface area (Å²) in [6.45, 7) is 4.86. The summed E-state index contributed by atoms with van der Waals surface area (Å²) < 4.78 is 0. The molecular weight excluding hydrogens is 269 g/mol. The van der Waals surface area contributed by atoms with Crippen molar-refractivity contribution in [3.8, 4) is 0 Å². The van der Waals surface area contributed by atoms with Crippen LogP contribution in [0.1, 0.15) is 25.3 Å². The van der Waals surface area contributed by atoms with Crippen molar-refractivity contribution in [3.63, 3.8) is 0 Å². The van der Waals surface area contributed by atoms with Crippen molar-refractivity contribution < 1.29 is 0 Å². The summed E-state index contributed by atoms with van der Waals surface area (Å²) in [6.07, 6.45) is 4.14. The van der Waals surface area contributed by atoms with Crippen molar-refractivity contribution in [1.29, 1.82) is 0 Å². The third kappa shape index (κ3) is 3.35. The fraction of sp³-hybridized carbons (Fsp3) is 0.615. The van der Waals surface area contributed by atoms with E-state index in [-0.39, 0.29) is 0 Å². The van der Waals surface area contributed by atoms with E-state index in [0.717, 1.165) is 31.0 Å². The highest BCUT2D eigenvalue weighted by molar-refractivity contribution is 6.34. The van der Waals surface area contributed by atoms with E-state index >= 15 is 0 Å². The average Bonchev–Trinajstić information content (AvgIpc) is 2.34. The Morgan fingerprint density at radius 1 is 1.50 bits per heavy atom. The first-order valence-corrected chi connectivity index (χ1v) is 7.09.